The van der Waals surface area contributed by atoms with E-state index in [0.717, 1.165) is 120 Å². The van der Waals surface area contributed by atoms with E-state index in [9.17, 15) is 43.2 Å². The Balaban J connectivity index is 5.20. The van der Waals surface area contributed by atoms with E-state index in [2.05, 4.69) is 55.4 Å². The summed E-state index contributed by atoms with van der Waals surface area (Å²) in [5.74, 6) is 1.09. The molecule has 0 amide bonds. The first kappa shape index (κ1) is 105. The number of ether oxygens (including phenoxy) is 4. The van der Waals surface area contributed by atoms with Crippen LogP contribution in [0.1, 0.15) is 460 Å². The molecule has 0 saturated heterocycles. The molecule has 0 aliphatic heterocycles. The minimum atomic E-state index is -4.97. The normalized spacial score (nSPS) is 14.4. The summed E-state index contributed by atoms with van der Waals surface area (Å²) in [6.07, 6.45) is 66.7. The molecule has 0 fully saturated rings. The molecular weight excluding hydrogens is 1390 g/mol. The molecule has 0 saturated carbocycles. The highest BCUT2D eigenvalue weighted by molar-refractivity contribution is 7.47. The summed E-state index contributed by atoms with van der Waals surface area (Å²) in [5, 5.41) is 10.7. The molecule has 0 aliphatic carbocycles. The number of aliphatic hydroxyl groups is 1. The molecule has 0 rings (SSSR count). The second-order valence-electron chi connectivity index (χ2n) is 33.1. The monoisotopic (exact) mass is 1560 g/mol. The third-order valence-corrected chi connectivity index (χ3v) is 23.2. The number of carbonyl (C=O) groups is 4. The van der Waals surface area contributed by atoms with Crippen LogP contribution in [0.5, 0.6) is 0 Å². The molecule has 17 nitrogen and oxygen atoms in total. The van der Waals surface area contributed by atoms with Gasteiger partial charge in [-0.1, -0.05) is 409 Å². The Morgan fingerprint density at radius 3 is 0.664 bits per heavy atom. The lowest BCUT2D eigenvalue weighted by Crippen LogP contribution is -2.30. The molecule has 0 heterocycles. The Hall–Kier alpha value is -1.94. The number of hydrogen-bond donors (Lipinski definition) is 3. The first-order chi connectivity index (χ1) is 51.7. The molecule has 0 aromatic carbocycles. The van der Waals surface area contributed by atoms with Gasteiger partial charge in [0.2, 0.25) is 0 Å². The Bertz CT molecular complexity index is 2080. The SMILES string of the molecule is CCC(C)CCCCCCCCCCCCCCCCCCCCC(=O)O[C@H](COC(=O)CCCCCCCCC(C)CC)COP(=O)(O)OC[C@H](O)COP(=O)(O)OC[C@@H](COC(=O)CCCCCCCCCCCCCCCCCCC(C)C)OC(=O)CCCCCCCCCCCCCCCC(C)C. The second kappa shape index (κ2) is 76.7. The van der Waals surface area contributed by atoms with Gasteiger partial charge in [-0.25, -0.2) is 9.13 Å². The Kier molecular flexibility index (Phi) is 75.3. The summed E-state index contributed by atoms with van der Waals surface area (Å²) < 4.78 is 68.9. The third-order valence-electron chi connectivity index (χ3n) is 21.3. The zero-order chi connectivity index (χ0) is 78.8. The fourth-order valence-electron chi connectivity index (χ4n) is 13.6. The molecule has 107 heavy (non-hydrogen) atoms. The quantitative estimate of drug-likeness (QED) is 0.0222. The predicted octanol–water partition coefficient (Wildman–Crippen LogP) is 26.7. The van der Waals surface area contributed by atoms with Gasteiger partial charge in [-0.05, 0) is 49.4 Å². The number of phosphoric acid groups is 2. The van der Waals surface area contributed by atoms with Crippen molar-refractivity contribution in [3.8, 4) is 0 Å². The Labute approximate surface area is 658 Å². The summed E-state index contributed by atoms with van der Waals surface area (Å²) in [6.45, 7) is 14.4. The number of phosphoric ester groups is 2. The van der Waals surface area contributed by atoms with E-state index in [1.807, 2.05) is 0 Å². The third kappa shape index (κ3) is 79.1. The number of esters is 4. The zero-order valence-electron chi connectivity index (χ0n) is 70.8. The minimum Gasteiger partial charge on any atom is -0.462 e. The Morgan fingerprint density at radius 1 is 0.262 bits per heavy atom. The molecule has 0 radical (unpaired) electrons. The van der Waals surface area contributed by atoms with Crippen LogP contribution in [-0.2, 0) is 65.4 Å². The van der Waals surface area contributed by atoms with E-state index >= 15 is 0 Å². The maximum absolute atomic E-state index is 13.1. The van der Waals surface area contributed by atoms with Gasteiger partial charge in [-0.2, -0.15) is 0 Å². The van der Waals surface area contributed by atoms with Crippen molar-refractivity contribution < 1.29 is 80.2 Å². The minimum absolute atomic E-state index is 0.107. The van der Waals surface area contributed by atoms with Crippen molar-refractivity contribution in [2.75, 3.05) is 39.6 Å². The standard InChI is InChI=1S/C88H172O17P2/c1-9-80(7)66-58-50-42-36-30-24-18-13-11-12-14-20-26-32-38-44-54-62-70-88(93)105-84(75-99-86(91)69-61-53-47-46-51-59-67-81(8)10-2)77-103-107(96,97)101-73-82(89)72-100-106(94,95)102-76-83(104-87(92)71-63-55-45-39-33-27-21-23-29-35-41-49-57-65-79(5)6)74-98-85(90)68-60-52-43-37-31-25-19-16-15-17-22-28-34-40-48-56-64-78(3)4/h78-84,89H,9-77H2,1-8H3,(H,94,95)(H,96,97)/t80?,81?,82-,83-,84-/m1/s1. The zero-order valence-corrected chi connectivity index (χ0v) is 72.6. The number of aliphatic hydroxyl groups excluding tert-OH is 1. The van der Waals surface area contributed by atoms with Crippen molar-refractivity contribution in [1.82, 2.24) is 0 Å². The van der Waals surface area contributed by atoms with Crippen LogP contribution >= 0.6 is 15.6 Å². The van der Waals surface area contributed by atoms with E-state index in [0.29, 0.717) is 25.7 Å². The maximum atomic E-state index is 13.1. The number of hydrogen-bond acceptors (Lipinski definition) is 15. The van der Waals surface area contributed by atoms with Crippen LogP contribution in [0, 0.1) is 23.7 Å². The van der Waals surface area contributed by atoms with Crippen LogP contribution in [-0.4, -0.2) is 96.7 Å². The van der Waals surface area contributed by atoms with Gasteiger partial charge in [-0.15, -0.1) is 0 Å². The molecule has 3 N–H and O–H groups in total. The molecule has 0 aromatic heterocycles. The average molecular weight is 1560 g/mol. The fourth-order valence-corrected chi connectivity index (χ4v) is 15.2. The Morgan fingerprint density at radius 2 is 0.449 bits per heavy atom. The first-order valence-electron chi connectivity index (χ1n) is 45.3. The van der Waals surface area contributed by atoms with E-state index in [1.165, 1.54) is 257 Å². The summed E-state index contributed by atoms with van der Waals surface area (Å²) in [4.78, 5) is 73.3. The van der Waals surface area contributed by atoms with E-state index in [1.54, 1.807) is 0 Å². The lowest BCUT2D eigenvalue weighted by molar-refractivity contribution is -0.161. The van der Waals surface area contributed by atoms with Gasteiger partial charge < -0.3 is 33.8 Å². The van der Waals surface area contributed by atoms with Gasteiger partial charge in [-0.3, -0.25) is 37.3 Å². The largest absolute Gasteiger partial charge is 0.472 e. The van der Waals surface area contributed by atoms with Crippen LogP contribution in [0.4, 0.5) is 0 Å². The topological polar surface area (TPSA) is 237 Å². The van der Waals surface area contributed by atoms with Gasteiger partial charge in [0.25, 0.3) is 0 Å². The van der Waals surface area contributed by atoms with Crippen molar-refractivity contribution in [2.24, 2.45) is 23.7 Å². The van der Waals surface area contributed by atoms with Crippen LogP contribution < -0.4 is 0 Å². The molecule has 0 spiro atoms. The van der Waals surface area contributed by atoms with E-state index in [-0.39, 0.29) is 25.7 Å². The van der Waals surface area contributed by atoms with E-state index in [4.69, 9.17) is 37.0 Å². The van der Waals surface area contributed by atoms with Crippen molar-refractivity contribution in [3.63, 3.8) is 0 Å². The smallest absolute Gasteiger partial charge is 0.462 e. The highest BCUT2D eigenvalue weighted by atomic mass is 31.2. The van der Waals surface area contributed by atoms with Crippen LogP contribution in [0.3, 0.4) is 0 Å². The predicted molar refractivity (Wildman–Crippen MR) is 441 cm³/mol. The maximum Gasteiger partial charge on any atom is 0.472 e. The fraction of sp³-hybridized carbons (Fsp3) is 0.955. The number of carbonyl (C=O) groups excluding carboxylic acids is 4. The number of rotatable bonds is 85. The van der Waals surface area contributed by atoms with E-state index < -0.39 is 97.5 Å². The van der Waals surface area contributed by atoms with Crippen LogP contribution in [0.2, 0.25) is 0 Å². The molecule has 4 unspecified atom stereocenters. The summed E-state index contributed by atoms with van der Waals surface area (Å²) >= 11 is 0. The van der Waals surface area contributed by atoms with Gasteiger partial charge in [0.05, 0.1) is 26.4 Å². The van der Waals surface area contributed by atoms with Crippen molar-refractivity contribution >= 4 is 39.5 Å². The molecule has 636 valence electrons. The van der Waals surface area contributed by atoms with Gasteiger partial charge >= 0.3 is 39.5 Å². The molecule has 7 atom stereocenters. The van der Waals surface area contributed by atoms with Crippen LogP contribution in [0.15, 0.2) is 0 Å². The van der Waals surface area contributed by atoms with Gasteiger partial charge in [0, 0.05) is 25.7 Å². The second-order valence-corrected chi connectivity index (χ2v) is 36.0. The summed E-state index contributed by atoms with van der Waals surface area (Å²) in [5.41, 5.74) is 0. The average Bonchev–Trinajstić information content (AvgIpc) is 0.902. The van der Waals surface area contributed by atoms with Crippen molar-refractivity contribution in [1.29, 1.82) is 0 Å². The van der Waals surface area contributed by atoms with Crippen LogP contribution in [0.25, 0.3) is 0 Å². The number of unbranched alkanes of at least 4 members (excludes halogenated alkanes) is 49. The highest BCUT2D eigenvalue weighted by Crippen LogP contribution is 2.45. The summed E-state index contributed by atoms with van der Waals surface area (Å²) in [6, 6.07) is 0. The molecule has 0 aliphatic rings. The van der Waals surface area contributed by atoms with Gasteiger partial charge in [0.1, 0.15) is 19.3 Å². The molecule has 19 heteroatoms. The lowest BCUT2D eigenvalue weighted by Gasteiger charge is -2.21. The molecule has 0 bridgehead atoms. The van der Waals surface area contributed by atoms with Crippen molar-refractivity contribution in [3.05, 3.63) is 0 Å². The lowest BCUT2D eigenvalue weighted by atomic mass is 9.99. The molecular formula is C88H172O17P2. The highest BCUT2D eigenvalue weighted by Gasteiger charge is 2.31. The first-order valence-corrected chi connectivity index (χ1v) is 48.3. The molecule has 0 aromatic rings. The van der Waals surface area contributed by atoms with Gasteiger partial charge in [0.15, 0.2) is 12.2 Å². The van der Waals surface area contributed by atoms with Crippen molar-refractivity contribution in [2.45, 2.75) is 478 Å². The summed E-state index contributed by atoms with van der Waals surface area (Å²) in [7, 11) is -9.93.